The van der Waals surface area contributed by atoms with Crippen molar-refractivity contribution in [1.29, 1.82) is 0 Å². The smallest absolute Gasteiger partial charge is 0.256 e. The zero-order chi connectivity index (χ0) is 21.0. The van der Waals surface area contributed by atoms with E-state index in [4.69, 9.17) is 27.6 Å². The lowest BCUT2D eigenvalue weighted by Gasteiger charge is -2.30. The molecule has 2 aromatic heterocycles. The molecule has 1 aromatic carbocycles. The number of nitrogens with one attached hydrogen (secondary N) is 2. The summed E-state index contributed by atoms with van der Waals surface area (Å²) in [6.45, 7) is 6.29. The summed E-state index contributed by atoms with van der Waals surface area (Å²) < 4.78 is 6.03. The molecule has 2 aliphatic rings. The van der Waals surface area contributed by atoms with Crippen LogP contribution in [0, 0.1) is 0 Å². The lowest BCUT2D eigenvalue weighted by molar-refractivity contribution is 0.0930. The third kappa shape index (κ3) is 3.52. The number of hydrogen-bond donors (Lipinski definition) is 2. The van der Waals surface area contributed by atoms with Gasteiger partial charge in [-0.25, -0.2) is 0 Å². The number of nitrogens with zero attached hydrogens (tertiary/aromatic N) is 1. The summed E-state index contributed by atoms with van der Waals surface area (Å²) in [5.74, 6) is 1.23. The molecular formula is C22H21Cl2N3O2S. The van der Waals surface area contributed by atoms with Crippen LogP contribution in [-0.4, -0.2) is 23.4 Å². The number of rotatable bonds is 3. The van der Waals surface area contributed by atoms with Gasteiger partial charge in [0.25, 0.3) is 5.91 Å². The molecule has 1 amide bonds. The van der Waals surface area contributed by atoms with Gasteiger partial charge in [-0.3, -0.25) is 9.69 Å². The number of anilines is 1. The normalized spacial score (nSPS) is 18.7. The first-order valence-corrected chi connectivity index (χ1v) is 11.5. The second-order valence-electron chi connectivity index (χ2n) is 7.93. The predicted octanol–water partition coefficient (Wildman–Crippen LogP) is 5.94. The number of fused-ring (bicyclic) bond motifs is 3. The van der Waals surface area contributed by atoms with Crippen molar-refractivity contribution in [1.82, 2.24) is 10.2 Å². The van der Waals surface area contributed by atoms with Crippen molar-refractivity contribution >= 4 is 45.4 Å². The van der Waals surface area contributed by atoms with E-state index in [1.54, 1.807) is 29.5 Å². The van der Waals surface area contributed by atoms with E-state index >= 15 is 0 Å². The fourth-order valence-corrected chi connectivity index (χ4v) is 5.90. The van der Waals surface area contributed by atoms with E-state index in [2.05, 4.69) is 29.4 Å². The third-order valence-electron chi connectivity index (χ3n) is 5.65. The van der Waals surface area contributed by atoms with Gasteiger partial charge in [-0.2, -0.15) is 0 Å². The maximum atomic E-state index is 12.9. The first kappa shape index (κ1) is 19.9. The van der Waals surface area contributed by atoms with Crippen molar-refractivity contribution in [3.8, 4) is 11.3 Å². The first-order valence-electron chi connectivity index (χ1n) is 9.91. The summed E-state index contributed by atoms with van der Waals surface area (Å²) in [7, 11) is 0. The van der Waals surface area contributed by atoms with Crippen LogP contribution in [0.5, 0.6) is 0 Å². The van der Waals surface area contributed by atoms with Crippen LogP contribution in [0.4, 0.5) is 5.00 Å². The lowest BCUT2D eigenvalue weighted by atomic mass is 10.0. The van der Waals surface area contributed by atoms with E-state index in [1.165, 1.54) is 10.4 Å². The molecule has 8 heteroatoms. The lowest BCUT2D eigenvalue weighted by Crippen LogP contribution is -2.39. The number of carbonyl (C=O) groups is 1. The number of furan rings is 1. The number of carbonyl (C=O) groups excluding carboxylic acids is 1. The second-order valence-corrected chi connectivity index (χ2v) is 9.91. The Balaban J connectivity index is 1.42. The van der Waals surface area contributed by atoms with Crippen molar-refractivity contribution in [2.24, 2.45) is 0 Å². The van der Waals surface area contributed by atoms with Crippen molar-refractivity contribution in [3.63, 3.8) is 0 Å². The molecule has 0 bridgehead atoms. The van der Waals surface area contributed by atoms with Crippen molar-refractivity contribution in [2.45, 2.75) is 39.0 Å². The van der Waals surface area contributed by atoms with E-state index in [1.807, 2.05) is 12.1 Å². The van der Waals surface area contributed by atoms with E-state index in [0.717, 1.165) is 35.6 Å². The van der Waals surface area contributed by atoms with E-state index in [-0.39, 0.29) is 5.91 Å². The van der Waals surface area contributed by atoms with Crippen LogP contribution in [-0.2, 0) is 13.0 Å². The fraction of sp³-hybridized carbons (Fsp3) is 0.318. The zero-order valence-corrected chi connectivity index (χ0v) is 18.9. The summed E-state index contributed by atoms with van der Waals surface area (Å²) in [4.78, 5) is 16.7. The molecule has 2 N–H and O–H groups in total. The number of halogens is 2. The summed E-state index contributed by atoms with van der Waals surface area (Å²) in [5.41, 5.74) is 2.77. The van der Waals surface area contributed by atoms with Crippen LogP contribution < -0.4 is 10.6 Å². The van der Waals surface area contributed by atoms with Crippen LogP contribution in [0.3, 0.4) is 0 Å². The summed E-state index contributed by atoms with van der Waals surface area (Å²) >= 11 is 13.9. The quantitative estimate of drug-likeness (QED) is 0.506. The number of amides is 1. The number of thiophene rings is 1. The minimum atomic E-state index is -0.422. The van der Waals surface area contributed by atoms with Gasteiger partial charge >= 0.3 is 0 Å². The standard InChI is InChI=1S/C22H21Cl2N3O2S/c1-11(2)27-6-5-15-18(10-27)30-22-19(15)21(28)25-20(26-22)17-4-3-16(29-17)12-7-13(23)9-14(24)8-12/h3-4,7-9,11,20,26H,5-6,10H2,1-2H3,(H,25,28)/t20-/m0/s1. The highest BCUT2D eigenvalue weighted by atomic mass is 35.5. The molecule has 0 saturated heterocycles. The van der Waals surface area contributed by atoms with Crippen LogP contribution in [0.25, 0.3) is 11.3 Å². The number of benzene rings is 1. The average Bonchev–Trinajstić information content (AvgIpc) is 3.31. The maximum absolute atomic E-state index is 12.9. The van der Waals surface area contributed by atoms with Gasteiger partial charge in [-0.15, -0.1) is 11.3 Å². The maximum Gasteiger partial charge on any atom is 0.256 e. The van der Waals surface area contributed by atoms with Crippen molar-refractivity contribution in [2.75, 3.05) is 11.9 Å². The van der Waals surface area contributed by atoms with Gasteiger partial charge in [0.2, 0.25) is 0 Å². The molecule has 4 heterocycles. The molecule has 0 fully saturated rings. The first-order chi connectivity index (χ1) is 14.4. The Kier molecular flexibility index (Phi) is 5.06. The van der Waals surface area contributed by atoms with Crippen LogP contribution in [0.1, 0.15) is 46.6 Å². The van der Waals surface area contributed by atoms with Gasteiger partial charge in [-0.05, 0) is 56.2 Å². The number of hydrogen-bond acceptors (Lipinski definition) is 5. The van der Waals surface area contributed by atoms with E-state index in [0.29, 0.717) is 27.6 Å². The average molecular weight is 462 g/mol. The fourth-order valence-electron chi connectivity index (χ4n) is 4.08. The molecular weight excluding hydrogens is 441 g/mol. The van der Waals surface area contributed by atoms with Crippen molar-refractivity contribution < 1.29 is 9.21 Å². The summed E-state index contributed by atoms with van der Waals surface area (Å²) in [6.07, 6.45) is 0.481. The third-order valence-corrected chi connectivity index (χ3v) is 7.24. The molecule has 0 unspecified atom stereocenters. The zero-order valence-electron chi connectivity index (χ0n) is 16.6. The summed E-state index contributed by atoms with van der Waals surface area (Å²) in [5, 5.41) is 8.51. The molecule has 0 radical (unpaired) electrons. The highest BCUT2D eigenvalue weighted by molar-refractivity contribution is 7.16. The largest absolute Gasteiger partial charge is 0.457 e. The van der Waals surface area contributed by atoms with Gasteiger partial charge in [-0.1, -0.05) is 23.2 Å². The molecule has 5 nitrogen and oxygen atoms in total. The SMILES string of the molecule is CC(C)N1CCc2c(sc3c2C(=O)N[C@H](c2ccc(-c4cc(Cl)cc(Cl)c4)o2)N3)C1. The molecule has 2 aliphatic heterocycles. The predicted molar refractivity (Wildman–Crippen MR) is 122 cm³/mol. The van der Waals surface area contributed by atoms with Crippen LogP contribution in [0.2, 0.25) is 10.0 Å². The second kappa shape index (κ2) is 7.61. The monoisotopic (exact) mass is 461 g/mol. The molecule has 3 aromatic rings. The van der Waals surface area contributed by atoms with Gasteiger partial charge < -0.3 is 15.1 Å². The Morgan fingerprint density at radius 1 is 1.17 bits per heavy atom. The highest BCUT2D eigenvalue weighted by Crippen LogP contribution is 2.41. The molecule has 0 aliphatic carbocycles. The summed E-state index contributed by atoms with van der Waals surface area (Å²) in [6, 6.07) is 9.50. The molecule has 5 rings (SSSR count). The Morgan fingerprint density at radius 2 is 1.93 bits per heavy atom. The van der Waals surface area contributed by atoms with Crippen LogP contribution in [0.15, 0.2) is 34.7 Å². The minimum absolute atomic E-state index is 0.0482. The highest BCUT2D eigenvalue weighted by Gasteiger charge is 2.34. The molecule has 30 heavy (non-hydrogen) atoms. The molecule has 0 saturated carbocycles. The Bertz CT molecular complexity index is 1120. The Hall–Kier alpha value is -1.99. The molecule has 156 valence electrons. The Labute approximate surface area is 189 Å². The van der Waals surface area contributed by atoms with Gasteiger partial charge in [0.1, 0.15) is 16.5 Å². The Morgan fingerprint density at radius 3 is 2.67 bits per heavy atom. The van der Waals surface area contributed by atoms with Crippen molar-refractivity contribution in [3.05, 3.63) is 62.1 Å². The van der Waals surface area contributed by atoms with E-state index < -0.39 is 6.17 Å². The van der Waals surface area contributed by atoms with Gasteiger partial charge in [0, 0.05) is 39.6 Å². The molecule has 0 spiro atoms. The van der Waals surface area contributed by atoms with Gasteiger partial charge in [0.15, 0.2) is 6.17 Å². The topological polar surface area (TPSA) is 57.5 Å². The minimum Gasteiger partial charge on any atom is -0.457 e. The molecule has 1 atom stereocenters. The van der Waals surface area contributed by atoms with Crippen LogP contribution >= 0.6 is 34.5 Å². The van der Waals surface area contributed by atoms with Gasteiger partial charge in [0.05, 0.1) is 5.56 Å². The van der Waals surface area contributed by atoms with E-state index in [9.17, 15) is 4.79 Å².